The molecule has 1 aromatic carbocycles. The Labute approximate surface area is 212 Å². The highest BCUT2D eigenvalue weighted by atomic mass is 16.5. The number of Topliss-reactive ketones (excluding diaryl/α,β-unsaturated/α-hetero) is 1. The van der Waals surface area contributed by atoms with E-state index in [1.54, 1.807) is 12.1 Å². The zero-order valence-electron chi connectivity index (χ0n) is 21.2. The zero-order chi connectivity index (χ0) is 25.5. The lowest BCUT2D eigenvalue weighted by Gasteiger charge is -2.30. The molecule has 0 saturated carbocycles. The van der Waals surface area contributed by atoms with Crippen molar-refractivity contribution in [3.05, 3.63) is 35.2 Å². The van der Waals surface area contributed by atoms with Gasteiger partial charge in [0.2, 0.25) is 5.89 Å². The third kappa shape index (κ3) is 6.61. The summed E-state index contributed by atoms with van der Waals surface area (Å²) in [5.74, 6) is 2.08. The van der Waals surface area contributed by atoms with Gasteiger partial charge in [0.25, 0.3) is 11.9 Å². The van der Waals surface area contributed by atoms with E-state index in [1.165, 1.54) is 6.42 Å². The summed E-state index contributed by atoms with van der Waals surface area (Å²) in [6.07, 6.45) is 6.54. The van der Waals surface area contributed by atoms with Gasteiger partial charge in [0.1, 0.15) is 12.4 Å². The Morgan fingerprint density at radius 3 is 2.72 bits per heavy atom. The van der Waals surface area contributed by atoms with Crippen molar-refractivity contribution in [2.45, 2.75) is 51.5 Å². The molecule has 3 heterocycles. The molecule has 2 saturated heterocycles. The minimum atomic E-state index is -0.580. The number of aliphatic hydroxyl groups is 1. The lowest BCUT2D eigenvalue weighted by molar-refractivity contribution is -0.120. The number of likely N-dealkylation sites (tertiary alicyclic amines) is 1. The monoisotopic (exact) mass is 499 g/mol. The smallest absolute Gasteiger partial charge is 0.266 e. The molecule has 4 rings (SSSR count). The number of benzene rings is 1. The van der Waals surface area contributed by atoms with Crippen LogP contribution in [-0.2, 0) is 4.79 Å². The predicted octanol–water partition coefficient (Wildman–Crippen LogP) is 2.51. The molecule has 2 aromatic rings. The number of aryl methyl sites for hydroxylation is 1. The minimum Gasteiger partial charge on any atom is -0.494 e. The molecule has 0 aliphatic carbocycles. The number of ether oxygens (including phenoxy) is 1. The van der Waals surface area contributed by atoms with Gasteiger partial charge < -0.3 is 24.6 Å². The number of hydrogen-bond donors (Lipinski definition) is 2. The lowest BCUT2D eigenvalue weighted by atomic mass is 9.92. The van der Waals surface area contributed by atoms with Crippen LogP contribution in [0.4, 0.5) is 5.95 Å². The Kier molecular flexibility index (Phi) is 8.93. The summed E-state index contributed by atoms with van der Waals surface area (Å²) in [6.45, 7) is 4.66. The van der Waals surface area contributed by atoms with Crippen molar-refractivity contribution in [1.82, 2.24) is 20.4 Å². The SMILES string of the molecule is Cc1cc(OCCCC2CCN(c3noc(C4CCCN4C)n3)CC2)ccc1C(=O)NCC(=O)CO. The Morgan fingerprint density at radius 2 is 2.03 bits per heavy atom. The molecule has 1 atom stereocenters. The Bertz CT molecular complexity index is 1030. The average molecular weight is 500 g/mol. The van der Waals surface area contributed by atoms with E-state index in [4.69, 9.17) is 14.4 Å². The number of aromatic nitrogens is 2. The topological polar surface area (TPSA) is 121 Å². The molecule has 0 bridgehead atoms. The second-order valence-electron chi connectivity index (χ2n) is 9.85. The van der Waals surface area contributed by atoms with Crippen LogP contribution in [0.25, 0.3) is 0 Å². The van der Waals surface area contributed by atoms with Crippen molar-refractivity contribution in [2.24, 2.45) is 5.92 Å². The van der Waals surface area contributed by atoms with Crippen LogP contribution in [0.5, 0.6) is 5.75 Å². The van der Waals surface area contributed by atoms with Crippen LogP contribution in [0.2, 0.25) is 0 Å². The second-order valence-corrected chi connectivity index (χ2v) is 9.85. The third-order valence-corrected chi connectivity index (χ3v) is 7.22. The standard InChI is InChI=1S/C26H37N5O5/c1-18-15-21(7-8-22(18)24(34)27-16-20(33)17-32)35-14-4-5-19-9-12-31(13-10-19)26-28-25(36-29-26)23-6-3-11-30(23)2/h7-8,15,19,23,32H,3-6,9-14,16-17H2,1-2H3,(H,27,34). The van der Waals surface area contributed by atoms with Crippen molar-refractivity contribution in [1.29, 1.82) is 0 Å². The number of carbonyl (C=O) groups excluding carboxylic acids is 2. The van der Waals surface area contributed by atoms with Crippen molar-refractivity contribution in [2.75, 3.05) is 51.3 Å². The highest BCUT2D eigenvalue weighted by Crippen LogP contribution is 2.31. The fraction of sp³-hybridized carbons (Fsp3) is 0.615. The molecule has 2 aliphatic heterocycles. The van der Waals surface area contributed by atoms with Gasteiger partial charge in [0.05, 0.1) is 19.2 Å². The van der Waals surface area contributed by atoms with Crippen LogP contribution in [0.1, 0.15) is 66.4 Å². The normalized spacial score (nSPS) is 19.0. The number of ketones is 1. The van der Waals surface area contributed by atoms with E-state index >= 15 is 0 Å². The fourth-order valence-corrected chi connectivity index (χ4v) is 5.01. The van der Waals surface area contributed by atoms with Gasteiger partial charge in [-0.1, -0.05) is 0 Å². The maximum atomic E-state index is 12.2. The number of hydrogen-bond acceptors (Lipinski definition) is 9. The molecule has 2 fully saturated rings. The van der Waals surface area contributed by atoms with E-state index in [9.17, 15) is 9.59 Å². The van der Waals surface area contributed by atoms with Crippen molar-refractivity contribution >= 4 is 17.6 Å². The quantitative estimate of drug-likeness (QED) is 0.449. The fourth-order valence-electron chi connectivity index (χ4n) is 5.01. The molecular formula is C26H37N5O5. The largest absolute Gasteiger partial charge is 0.494 e. The third-order valence-electron chi connectivity index (χ3n) is 7.22. The van der Waals surface area contributed by atoms with Crippen LogP contribution >= 0.6 is 0 Å². The number of nitrogens with zero attached hydrogens (tertiary/aromatic N) is 4. The molecule has 1 aromatic heterocycles. The summed E-state index contributed by atoms with van der Waals surface area (Å²) in [5, 5.41) is 15.5. The maximum Gasteiger partial charge on any atom is 0.266 e. The number of carbonyl (C=O) groups is 2. The Balaban J connectivity index is 1.15. The predicted molar refractivity (Wildman–Crippen MR) is 134 cm³/mol. The van der Waals surface area contributed by atoms with E-state index in [1.807, 2.05) is 13.0 Å². The first-order valence-electron chi connectivity index (χ1n) is 12.9. The zero-order valence-corrected chi connectivity index (χ0v) is 21.2. The molecular weight excluding hydrogens is 462 g/mol. The average Bonchev–Trinajstić information content (AvgIpc) is 3.54. The van der Waals surface area contributed by atoms with Crippen LogP contribution in [-0.4, -0.2) is 78.3 Å². The molecule has 2 N–H and O–H groups in total. The first-order chi connectivity index (χ1) is 17.4. The van der Waals surface area contributed by atoms with Crippen molar-refractivity contribution in [3.8, 4) is 5.75 Å². The molecule has 0 radical (unpaired) electrons. The van der Waals surface area contributed by atoms with Crippen LogP contribution < -0.4 is 15.0 Å². The van der Waals surface area contributed by atoms with Crippen molar-refractivity contribution < 1.29 is 24.0 Å². The molecule has 10 nitrogen and oxygen atoms in total. The van der Waals surface area contributed by atoms with E-state index < -0.39 is 12.4 Å². The van der Waals surface area contributed by atoms with Gasteiger partial charge in [-0.2, -0.15) is 4.98 Å². The lowest BCUT2D eigenvalue weighted by Crippen LogP contribution is -2.34. The van der Waals surface area contributed by atoms with Crippen LogP contribution in [0, 0.1) is 12.8 Å². The summed E-state index contributed by atoms with van der Waals surface area (Å²) in [4.78, 5) is 32.6. The van der Waals surface area contributed by atoms with E-state index in [0.717, 1.165) is 74.9 Å². The molecule has 0 spiro atoms. The first kappa shape index (κ1) is 26.1. The van der Waals surface area contributed by atoms with Gasteiger partial charge in [-0.15, -0.1) is 0 Å². The van der Waals surface area contributed by atoms with E-state index in [-0.39, 0.29) is 18.5 Å². The number of anilines is 1. The maximum absolute atomic E-state index is 12.2. The van der Waals surface area contributed by atoms with E-state index in [2.05, 4.69) is 32.3 Å². The van der Waals surface area contributed by atoms with Crippen LogP contribution in [0.3, 0.4) is 0 Å². The number of piperidine rings is 1. The second kappa shape index (κ2) is 12.3. The van der Waals surface area contributed by atoms with Gasteiger partial charge >= 0.3 is 0 Å². The minimum absolute atomic E-state index is 0.180. The highest BCUT2D eigenvalue weighted by Gasteiger charge is 2.29. The molecule has 36 heavy (non-hydrogen) atoms. The molecule has 10 heteroatoms. The summed E-state index contributed by atoms with van der Waals surface area (Å²) in [6, 6.07) is 5.57. The summed E-state index contributed by atoms with van der Waals surface area (Å²) in [7, 11) is 2.11. The number of rotatable bonds is 11. The Morgan fingerprint density at radius 1 is 1.22 bits per heavy atom. The number of amides is 1. The van der Waals surface area contributed by atoms with Gasteiger partial charge in [-0.25, -0.2) is 0 Å². The summed E-state index contributed by atoms with van der Waals surface area (Å²) < 4.78 is 11.5. The van der Waals surface area contributed by atoms with E-state index in [0.29, 0.717) is 18.1 Å². The summed E-state index contributed by atoms with van der Waals surface area (Å²) >= 11 is 0. The molecule has 196 valence electrons. The molecule has 1 unspecified atom stereocenters. The number of nitrogens with one attached hydrogen (secondary N) is 1. The van der Waals surface area contributed by atoms with Gasteiger partial charge in [-0.3, -0.25) is 14.5 Å². The van der Waals surface area contributed by atoms with Gasteiger partial charge in [0.15, 0.2) is 5.78 Å². The van der Waals surface area contributed by atoms with Crippen molar-refractivity contribution in [3.63, 3.8) is 0 Å². The number of aliphatic hydroxyl groups excluding tert-OH is 1. The Hall–Kier alpha value is -2.98. The van der Waals surface area contributed by atoms with Gasteiger partial charge in [-0.05, 0) is 93.9 Å². The molecule has 2 aliphatic rings. The highest BCUT2D eigenvalue weighted by molar-refractivity contribution is 5.98. The van der Waals surface area contributed by atoms with Gasteiger partial charge in [0, 0.05) is 18.7 Å². The molecule has 1 amide bonds. The summed E-state index contributed by atoms with van der Waals surface area (Å²) in [5.41, 5.74) is 1.27. The first-order valence-corrected chi connectivity index (χ1v) is 12.9. The van der Waals surface area contributed by atoms with Crippen LogP contribution in [0.15, 0.2) is 22.7 Å².